The zero-order valence-electron chi connectivity index (χ0n) is 20.3. The quantitative estimate of drug-likeness (QED) is 0.374. The molecule has 1 unspecified atom stereocenters. The maximum Gasteiger partial charge on any atom is 0.259 e. The number of hydrogen-bond donors (Lipinski definition) is 2. The first-order valence-electron chi connectivity index (χ1n) is 11.7. The fraction of sp³-hybridized carbons (Fsp3) is 0.269. The zero-order chi connectivity index (χ0) is 26.5. The van der Waals surface area contributed by atoms with Gasteiger partial charge in [0.25, 0.3) is 5.56 Å². The van der Waals surface area contributed by atoms with Crippen molar-refractivity contribution in [3.63, 3.8) is 0 Å². The standard InChI is InChI=1S/C26H26F2N4O4S/c1-15(37(29,34)35)16-4-6-23(36-24-7-5-17(27)11-22(24)28)19(10-16)21-14-31(2)26(33)20-12-18(30-25(20)21)13-32-8-3-9-32/h4-7,10-12,14-15,30H,3,8-9,13H2,1-2H3,(H2,29,34,35). The van der Waals surface area contributed by atoms with Crippen LogP contribution in [0.4, 0.5) is 8.78 Å². The van der Waals surface area contributed by atoms with Crippen LogP contribution in [-0.2, 0) is 23.6 Å². The van der Waals surface area contributed by atoms with E-state index in [-0.39, 0.29) is 17.1 Å². The minimum atomic E-state index is -3.91. The maximum absolute atomic E-state index is 14.5. The summed E-state index contributed by atoms with van der Waals surface area (Å²) in [7, 11) is -2.30. The minimum Gasteiger partial charge on any atom is -0.454 e. The lowest BCUT2D eigenvalue weighted by Gasteiger charge is -2.29. The lowest BCUT2D eigenvalue weighted by atomic mass is 10.0. The zero-order valence-corrected chi connectivity index (χ0v) is 21.1. The molecule has 0 radical (unpaired) electrons. The number of rotatable bonds is 7. The van der Waals surface area contributed by atoms with Gasteiger partial charge in [0.1, 0.15) is 11.6 Å². The van der Waals surface area contributed by atoms with Gasteiger partial charge < -0.3 is 14.3 Å². The van der Waals surface area contributed by atoms with E-state index in [1.54, 1.807) is 19.3 Å². The van der Waals surface area contributed by atoms with Crippen molar-refractivity contribution in [2.45, 2.75) is 25.1 Å². The van der Waals surface area contributed by atoms with Gasteiger partial charge in [0.15, 0.2) is 11.6 Å². The highest BCUT2D eigenvalue weighted by Crippen LogP contribution is 2.39. The number of sulfonamides is 1. The molecule has 37 heavy (non-hydrogen) atoms. The Morgan fingerprint density at radius 1 is 1.08 bits per heavy atom. The summed E-state index contributed by atoms with van der Waals surface area (Å²) in [6.07, 6.45) is 2.74. The van der Waals surface area contributed by atoms with Gasteiger partial charge in [0.2, 0.25) is 10.0 Å². The summed E-state index contributed by atoms with van der Waals surface area (Å²) in [5.41, 5.74) is 2.55. The Bertz CT molecular complexity index is 1680. The normalized spacial score (nSPS) is 15.1. The second-order valence-corrected chi connectivity index (χ2v) is 11.2. The van der Waals surface area contributed by atoms with Crippen LogP contribution in [0.5, 0.6) is 11.5 Å². The van der Waals surface area contributed by atoms with Crippen molar-refractivity contribution in [1.29, 1.82) is 0 Å². The van der Waals surface area contributed by atoms with Crippen molar-refractivity contribution < 1.29 is 21.9 Å². The number of aryl methyl sites for hydroxylation is 1. The number of nitrogens with zero attached hydrogens (tertiary/aromatic N) is 2. The summed E-state index contributed by atoms with van der Waals surface area (Å²) >= 11 is 0. The first kappa shape index (κ1) is 25.1. The Kier molecular flexibility index (Phi) is 6.38. The summed E-state index contributed by atoms with van der Waals surface area (Å²) < 4.78 is 59.4. The number of fused-ring (bicyclic) bond motifs is 1. The van der Waals surface area contributed by atoms with Crippen molar-refractivity contribution in [2.24, 2.45) is 12.2 Å². The van der Waals surface area contributed by atoms with Crippen LogP contribution in [0.2, 0.25) is 0 Å². The molecule has 4 aromatic rings. The van der Waals surface area contributed by atoms with Gasteiger partial charge in [-0.2, -0.15) is 0 Å². The fourth-order valence-corrected chi connectivity index (χ4v) is 4.96. The molecule has 3 heterocycles. The van der Waals surface area contributed by atoms with E-state index in [1.807, 2.05) is 6.07 Å². The highest BCUT2D eigenvalue weighted by Gasteiger charge is 2.23. The summed E-state index contributed by atoms with van der Waals surface area (Å²) in [6, 6.07) is 9.41. The fourth-order valence-electron chi connectivity index (χ4n) is 4.43. The van der Waals surface area contributed by atoms with Gasteiger partial charge in [-0.05, 0) is 62.3 Å². The first-order valence-corrected chi connectivity index (χ1v) is 13.3. The molecule has 3 N–H and O–H groups in total. The summed E-state index contributed by atoms with van der Waals surface area (Å²) in [4.78, 5) is 18.6. The van der Waals surface area contributed by atoms with Gasteiger partial charge in [0, 0.05) is 42.7 Å². The third-order valence-electron chi connectivity index (χ3n) is 6.73. The third kappa shape index (κ3) is 4.89. The number of likely N-dealkylation sites (tertiary alicyclic amines) is 1. The molecule has 1 fully saturated rings. The molecule has 0 amide bonds. The molecular weight excluding hydrogens is 502 g/mol. The van der Waals surface area contributed by atoms with E-state index >= 15 is 0 Å². The topological polar surface area (TPSA) is 110 Å². The van der Waals surface area contributed by atoms with E-state index in [1.165, 1.54) is 29.7 Å². The number of benzene rings is 2. The summed E-state index contributed by atoms with van der Waals surface area (Å²) in [5.74, 6) is -1.66. The van der Waals surface area contributed by atoms with Gasteiger partial charge in [-0.25, -0.2) is 22.3 Å². The molecule has 11 heteroatoms. The molecule has 0 saturated carbocycles. The van der Waals surface area contributed by atoms with Gasteiger partial charge in [0.05, 0.1) is 16.2 Å². The average molecular weight is 529 g/mol. The second kappa shape index (κ2) is 9.40. The van der Waals surface area contributed by atoms with E-state index < -0.39 is 26.9 Å². The molecule has 1 aliphatic heterocycles. The molecule has 194 valence electrons. The highest BCUT2D eigenvalue weighted by atomic mass is 32.2. The monoisotopic (exact) mass is 528 g/mol. The van der Waals surface area contributed by atoms with Crippen LogP contribution in [0.15, 0.2) is 53.5 Å². The third-order valence-corrected chi connectivity index (χ3v) is 7.99. The molecule has 1 atom stereocenters. The van der Waals surface area contributed by atoms with Crippen molar-refractivity contribution in [1.82, 2.24) is 14.5 Å². The van der Waals surface area contributed by atoms with E-state index in [0.717, 1.165) is 31.3 Å². The van der Waals surface area contributed by atoms with Crippen molar-refractivity contribution in [3.8, 4) is 22.6 Å². The molecule has 0 bridgehead atoms. The van der Waals surface area contributed by atoms with E-state index in [4.69, 9.17) is 9.88 Å². The number of hydrogen-bond acceptors (Lipinski definition) is 5. The van der Waals surface area contributed by atoms with Crippen LogP contribution in [0, 0.1) is 11.6 Å². The second-order valence-electron chi connectivity index (χ2n) is 9.34. The Labute approximate surface area is 212 Å². The number of pyridine rings is 1. The van der Waals surface area contributed by atoms with Crippen LogP contribution in [0.1, 0.15) is 29.9 Å². The van der Waals surface area contributed by atoms with Gasteiger partial charge >= 0.3 is 0 Å². The highest BCUT2D eigenvalue weighted by molar-refractivity contribution is 7.89. The Morgan fingerprint density at radius 3 is 2.46 bits per heavy atom. The molecule has 5 rings (SSSR count). The Hall–Kier alpha value is -3.54. The van der Waals surface area contributed by atoms with E-state index in [9.17, 15) is 22.0 Å². The SMILES string of the molecule is CC(c1ccc(Oc2ccc(F)cc2F)c(-c2cn(C)c(=O)c3cc(CN4CCC4)[nH]c23)c1)S(N)(=O)=O. The lowest BCUT2D eigenvalue weighted by Crippen LogP contribution is -2.36. The number of aromatic nitrogens is 2. The molecule has 2 aromatic carbocycles. The number of H-pyrrole nitrogens is 1. The minimum absolute atomic E-state index is 0.190. The number of nitrogens with two attached hydrogens (primary N) is 1. The maximum atomic E-state index is 14.5. The number of halogens is 2. The Balaban J connectivity index is 1.71. The average Bonchev–Trinajstić information content (AvgIpc) is 3.24. The summed E-state index contributed by atoms with van der Waals surface area (Å²) in [5, 5.41) is 4.82. The molecule has 1 aliphatic rings. The molecule has 0 spiro atoms. The van der Waals surface area contributed by atoms with Crippen LogP contribution >= 0.6 is 0 Å². The predicted octanol–water partition coefficient (Wildman–Crippen LogP) is 4.16. The lowest BCUT2D eigenvalue weighted by molar-refractivity contribution is 0.171. The Morgan fingerprint density at radius 2 is 1.81 bits per heavy atom. The van der Waals surface area contributed by atoms with Crippen LogP contribution in [-0.4, -0.2) is 36.0 Å². The molecule has 2 aromatic heterocycles. The van der Waals surface area contributed by atoms with Crippen LogP contribution in [0.25, 0.3) is 22.0 Å². The smallest absolute Gasteiger partial charge is 0.259 e. The first-order chi connectivity index (χ1) is 17.5. The van der Waals surface area contributed by atoms with Gasteiger partial charge in [-0.1, -0.05) is 6.07 Å². The molecule has 1 saturated heterocycles. The number of aromatic amines is 1. The number of primary sulfonamides is 1. The largest absolute Gasteiger partial charge is 0.454 e. The van der Waals surface area contributed by atoms with Gasteiger partial charge in [-0.3, -0.25) is 9.69 Å². The van der Waals surface area contributed by atoms with Crippen LogP contribution < -0.4 is 15.4 Å². The number of ether oxygens (including phenoxy) is 1. The molecule has 0 aliphatic carbocycles. The predicted molar refractivity (Wildman–Crippen MR) is 137 cm³/mol. The van der Waals surface area contributed by atoms with Crippen molar-refractivity contribution in [3.05, 3.63) is 81.9 Å². The van der Waals surface area contributed by atoms with E-state index in [2.05, 4.69) is 9.88 Å². The molecular formula is C26H26F2N4O4S. The molecule has 8 nitrogen and oxygen atoms in total. The van der Waals surface area contributed by atoms with E-state index in [0.29, 0.717) is 40.2 Å². The van der Waals surface area contributed by atoms with Crippen LogP contribution in [0.3, 0.4) is 0 Å². The van der Waals surface area contributed by atoms with Crippen molar-refractivity contribution >= 4 is 20.9 Å². The van der Waals surface area contributed by atoms with Crippen molar-refractivity contribution in [2.75, 3.05) is 13.1 Å². The number of nitrogens with one attached hydrogen (secondary N) is 1. The summed E-state index contributed by atoms with van der Waals surface area (Å²) in [6.45, 7) is 4.08. The van der Waals surface area contributed by atoms with Gasteiger partial charge in [-0.15, -0.1) is 0 Å².